The molecule has 170 valence electrons. The molecule has 9 heteroatoms. The van der Waals surface area contributed by atoms with Gasteiger partial charge in [-0.05, 0) is 18.9 Å². The molecule has 0 radical (unpaired) electrons. The van der Waals surface area contributed by atoms with Crippen molar-refractivity contribution < 1.29 is 23.9 Å². The van der Waals surface area contributed by atoms with Crippen LogP contribution in [-0.4, -0.2) is 80.5 Å². The molecule has 0 spiro atoms. The van der Waals surface area contributed by atoms with Gasteiger partial charge in [-0.3, -0.25) is 19.3 Å². The van der Waals surface area contributed by atoms with Gasteiger partial charge in [0, 0.05) is 57.3 Å². The molecule has 2 fully saturated rings. The van der Waals surface area contributed by atoms with Gasteiger partial charge in [0.05, 0.1) is 26.7 Å². The summed E-state index contributed by atoms with van der Waals surface area (Å²) in [4.78, 5) is 40.7. The number of nitrogens with one attached hydrogen (secondary N) is 2. The highest BCUT2D eigenvalue weighted by atomic mass is 16.5. The van der Waals surface area contributed by atoms with Crippen LogP contribution < -0.4 is 20.1 Å². The van der Waals surface area contributed by atoms with Crippen molar-refractivity contribution in [2.24, 2.45) is 0 Å². The standard InChI is InChI=1S/C22H32N4O5/c1-30-17-7-6-16(19(13-17)31-2)15-26-12-9-24-22(29)18(26)14-20(27)23-8-11-25-10-4-3-5-21(25)28/h6-7,13,18H,3-5,8-12,14-15H2,1-2H3,(H,23,27)(H,24,29)/t18-/m0/s1. The van der Waals surface area contributed by atoms with Crippen molar-refractivity contribution in [3.63, 3.8) is 0 Å². The molecule has 2 aliphatic rings. The maximum Gasteiger partial charge on any atom is 0.237 e. The second kappa shape index (κ2) is 11.0. The molecule has 2 N–H and O–H groups in total. The number of hydrogen-bond donors (Lipinski definition) is 2. The van der Waals surface area contributed by atoms with Crippen molar-refractivity contribution in [2.45, 2.75) is 38.3 Å². The first-order chi connectivity index (χ1) is 15.0. The molecule has 9 nitrogen and oxygen atoms in total. The molecule has 0 aliphatic carbocycles. The van der Waals surface area contributed by atoms with Crippen LogP contribution in [0.2, 0.25) is 0 Å². The lowest BCUT2D eigenvalue weighted by Crippen LogP contribution is -2.56. The third kappa shape index (κ3) is 6.10. The highest BCUT2D eigenvalue weighted by Crippen LogP contribution is 2.27. The second-order valence-corrected chi connectivity index (χ2v) is 7.85. The molecule has 1 aromatic carbocycles. The van der Waals surface area contributed by atoms with Gasteiger partial charge in [-0.15, -0.1) is 0 Å². The monoisotopic (exact) mass is 432 g/mol. The summed E-state index contributed by atoms with van der Waals surface area (Å²) >= 11 is 0. The van der Waals surface area contributed by atoms with Crippen molar-refractivity contribution in [3.05, 3.63) is 23.8 Å². The fourth-order valence-electron chi connectivity index (χ4n) is 4.05. The van der Waals surface area contributed by atoms with Crippen LogP contribution >= 0.6 is 0 Å². The summed E-state index contributed by atoms with van der Waals surface area (Å²) in [5.41, 5.74) is 0.923. The summed E-state index contributed by atoms with van der Waals surface area (Å²) in [6.07, 6.45) is 2.59. The van der Waals surface area contributed by atoms with Crippen LogP contribution in [0.4, 0.5) is 0 Å². The van der Waals surface area contributed by atoms with Gasteiger partial charge in [0.1, 0.15) is 11.5 Å². The van der Waals surface area contributed by atoms with Crippen LogP contribution in [0.15, 0.2) is 18.2 Å². The van der Waals surface area contributed by atoms with E-state index in [9.17, 15) is 14.4 Å². The summed E-state index contributed by atoms with van der Waals surface area (Å²) in [6, 6.07) is 5.02. The van der Waals surface area contributed by atoms with Gasteiger partial charge in [-0.1, -0.05) is 6.07 Å². The maximum absolute atomic E-state index is 12.5. The van der Waals surface area contributed by atoms with E-state index in [4.69, 9.17) is 9.47 Å². The number of piperidine rings is 1. The molecule has 2 aliphatic heterocycles. The zero-order valence-corrected chi connectivity index (χ0v) is 18.3. The summed E-state index contributed by atoms with van der Waals surface area (Å²) in [7, 11) is 3.19. The van der Waals surface area contributed by atoms with Crippen molar-refractivity contribution >= 4 is 17.7 Å². The Morgan fingerprint density at radius 3 is 2.77 bits per heavy atom. The Bertz CT molecular complexity index is 800. The summed E-state index contributed by atoms with van der Waals surface area (Å²) in [5.74, 6) is 1.17. The number of carbonyl (C=O) groups is 3. The van der Waals surface area contributed by atoms with Gasteiger partial charge in [-0.2, -0.15) is 0 Å². The van der Waals surface area contributed by atoms with Crippen LogP contribution in [-0.2, 0) is 20.9 Å². The van der Waals surface area contributed by atoms with Crippen molar-refractivity contribution in [1.82, 2.24) is 20.4 Å². The van der Waals surface area contributed by atoms with Crippen LogP contribution in [0.5, 0.6) is 11.5 Å². The smallest absolute Gasteiger partial charge is 0.237 e. The second-order valence-electron chi connectivity index (χ2n) is 7.85. The lowest BCUT2D eigenvalue weighted by molar-refractivity contribution is -0.134. The third-order valence-electron chi connectivity index (χ3n) is 5.81. The van der Waals surface area contributed by atoms with E-state index in [0.717, 1.165) is 24.9 Å². The molecular formula is C22H32N4O5. The number of rotatable bonds is 9. The van der Waals surface area contributed by atoms with E-state index >= 15 is 0 Å². The fraction of sp³-hybridized carbons (Fsp3) is 0.591. The Morgan fingerprint density at radius 1 is 1.19 bits per heavy atom. The van der Waals surface area contributed by atoms with Gasteiger partial charge in [0.25, 0.3) is 0 Å². The van der Waals surface area contributed by atoms with Crippen LogP contribution in [0.1, 0.15) is 31.2 Å². The van der Waals surface area contributed by atoms with E-state index in [1.807, 2.05) is 23.1 Å². The number of piperazine rings is 1. The van der Waals surface area contributed by atoms with Crippen LogP contribution in [0.3, 0.4) is 0 Å². The maximum atomic E-state index is 12.5. The molecule has 0 aromatic heterocycles. The Balaban J connectivity index is 1.57. The average Bonchev–Trinajstić information content (AvgIpc) is 2.77. The normalized spacial score (nSPS) is 19.7. The Labute approximate surface area is 183 Å². The molecule has 2 heterocycles. The van der Waals surface area contributed by atoms with Gasteiger partial charge in [0.15, 0.2) is 0 Å². The zero-order chi connectivity index (χ0) is 22.2. The molecule has 1 aromatic rings. The lowest BCUT2D eigenvalue weighted by atomic mass is 10.1. The van der Waals surface area contributed by atoms with Crippen molar-refractivity contribution in [1.29, 1.82) is 0 Å². The molecule has 0 saturated carbocycles. The predicted octanol–water partition coefficient (Wildman–Crippen LogP) is 0.523. The minimum absolute atomic E-state index is 0.0677. The van der Waals surface area contributed by atoms with E-state index in [-0.39, 0.29) is 24.1 Å². The van der Waals surface area contributed by atoms with Crippen molar-refractivity contribution in [3.8, 4) is 11.5 Å². The van der Waals surface area contributed by atoms with Crippen molar-refractivity contribution in [2.75, 3.05) is 46.9 Å². The van der Waals surface area contributed by atoms with Crippen LogP contribution in [0.25, 0.3) is 0 Å². The first kappa shape index (κ1) is 22.9. The molecule has 0 bridgehead atoms. The van der Waals surface area contributed by atoms with E-state index in [2.05, 4.69) is 10.6 Å². The first-order valence-electron chi connectivity index (χ1n) is 10.8. The minimum atomic E-state index is -0.558. The Hall–Kier alpha value is -2.81. The highest BCUT2D eigenvalue weighted by Gasteiger charge is 2.32. The quantitative estimate of drug-likeness (QED) is 0.590. The molecular weight excluding hydrogens is 400 g/mol. The average molecular weight is 433 g/mol. The number of nitrogens with zero attached hydrogens (tertiary/aromatic N) is 2. The zero-order valence-electron chi connectivity index (χ0n) is 18.3. The molecule has 31 heavy (non-hydrogen) atoms. The molecule has 0 unspecified atom stereocenters. The Kier molecular flexibility index (Phi) is 8.11. The number of methoxy groups -OCH3 is 2. The summed E-state index contributed by atoms with van der Waals surface area (Å²) in [6.45, 7) is 3.31. The summed E-state index contributed by atoms with van der Waals surface area (Å²) < 4.78 is 10.7. The van der Waals surface area contributed by atoms with E-state index in [0.29, 0.717) is 50.6 Å². The van der Waals surface area contributed by atoms with Crippen LogP contribution in [0, 0.1) is 0 Å². The largest absolute Gasteiger partial charge is 0.497 e. The number of amides is 3. The van der Waals surface area contributed by atoms with E-state index < -0.39 is 6.04 Å². The summed E-state index contributed by atoms with van der Waals surface area (Å²) in [5, 5.41) is 5.71. The van der Waals surface area contributed by atoms with Gasteiger partial charge >= 0.3 is 0 Å². The fourth-order valence-corrected chi connectivity index (χ4v) is 4.05. The van der Waals surface area contributed by atoms with Gasteiger partial charge in [0.2, 0.25) is 17.7 Å². The molecule has 1 atom stereocenters. The Morgan fingerprint density at radius 2 is 2.03 bits per heavy atom. The number of hydrogen-bond acceptors (Lipinski definition) is 6. The SMILES string of the molecule is COc1ccc(CN2CCNC(=O)[C@@H]2CC(=O)NCCN2CCCCC2=O)c(OC)c1. The highest BCUT2D eigenvalue weighted by molar-refractivity contribution is 5.88. The number of carbonyl (C=O) groups excluding carboxylic acids is 3. The van der Waals surface area contributed by atoms with E-state index in [1.54, 1.807) is 19.1 Å². The molecule has 2 saturated heterocycles. The lowest BCUT2D eigenvalue weighted by Gasteiger charge is -2.35. The molecule has 3 rings (SSSR count). The number of benzene rings is 1. The number of ether oxygens (including phenoxy) is 2. The predicted molar refractivity (Wildman–Crippen MR) is 115 cm³/mol. The van der Waals surface area contributed by atoms with E-state index in [1.165, 1.54) is 0 Å². The molecule has 3 amide bonds. The first-order valence-corrected chi connectivity index (χ1v) is 10.8. The topological polar surface area (TPSA) is 100 Å². The minimum Gasteiger partial charge on any atom is -0.497 e. The van der Waals surface area contributed by atoms with Gasteiger partial charge in [-0.25, -0.2) is 0 Å². The third-order valence-corrected chi connectivity index (χ3v) is 5.81. The number of likely N-dealkylation sites (tertiary alicyclic amines) is 1. The van der Waals surface area contributed by atoms with Gasteiger partial charge < -0.3 is 25.0 Å².